The van der Waals surface area contributed by atoms with Gasteiger partial charge in [-0.25, -0.2) is 9.59 Å². The topological polar surface area (TPSA) is 274 Å². The van der Waals surface area contributed by atoms with Crippen molar-refractivity contribution in [3.63, 3.8) is 0 Å². The first-order valence-corrected chi connectivity index (χ1v) is 23.8. The second-order valence-corrected chi connectivity index (χ2v) is 18.8. The summed E-state index contributed by atoms with van der Waals surface area (Å²) >= 11 is 2.08. The van der Waals surface area contributed by atoms with E-state index in [4.69, 9.17) is 15.2 Å². The number of benzene rings is 4. The van der Waals surface area contributed by atoms with Crippen molar-refractivity contribution in [2.45, 2.75) is 52.6 Å². The van der Waals surface area contributed by atoms with Gasteiger partial charge in [0.25, 0.3) is 29.3 Å². The number of thiophene rings is 2. The molecular formula is C50H48N10O10S2. The van der Waals surface area contributed by atoms with Crippen LogP contribution in [0.2, 0.25) is 0 Å². The van der Waals surface area contributed by atoms with Crippen LogP contribution < -0.4 is 27.0 Å². The standard InChI is InChI=1S/C25H23N5O6S.C25H25N5O4S/c1-4-36-24(33)29-23-17(20(28-29)26-21(31)16-12-8-9-13-18(16)30(34)35)14-19(37-23)22(32)27-25(2,3)15-10-6-5-7-11-15;1-4-34-24(33)30-23-17(20(29-30)27-21(31)16-12-8-9-13-18(16)26)14-19(35-23)22(32)28-25(2,3)15-10-6-5-7-11-15/h5-14H,4H2,1-3H3,(H,27,32)(H,26,28,31);5-14H,4,26H2,1-3H3,(H,28,32)(H,27,29,31). The summed E-state index contributed by atoms with van der Waals surface area (Å²) in [4.78, 5) is 89.1. The summed E-state index contributed by atoms with van der Waals surface area (Å²) in [6.45, 7) is 11.1. The van der Waals surface area contributed by atoms with Crippen LogP contribution in [0.3, 0.4) is 0 Å². The molecule has 6 N–H and O–H groups in total. The number of fused-ring (bicyclic) bond motifs is 2. The Bertz CT molecular complexity index is 3360. The number of nitrogens with two attached hydrogens (primary N) is 1. The van der Waals surface area contributed by atoms with E-state index in [2.05, 4.69) is 31.5 Å². The van der Waals surface area contributed by atoms with Crippen molar-refractivity contribution in [3.05, 3.63) is 163 Å². The molecule has 0 aliphatic rings. The number of aromatic nitrogens is 4. The average Bonchev–Trinajstić information content (AvgIpc) is 4.15. The van der Waals surface area contributed by atoms with Crippen LogP contribution >= 0.6 is 22.7 Å². The number of nitro groups is 1. The molecular weight excluding hydrogens is 965 g/mol. The van der Waals surface area contributed by atoms with Gasteiger partial charge < -0.3 is 36.5 Å². The van der Waals surface area contributed by atoms with Gasteiger partial charge in [0.05, 0.1) is 55.3 Å². The fourth-order valence-corrected chi connectivity index (χ4v) is 9.26. The highest BCUT2D eigenvalue weighted by atomic mass is 32.1. The molecule has 4 amide bonds. The molecule has 4 heterocycles. The Hall–Kier alpha value is -8.76. The molecule has 20 nitrogen and oxygen atoms in total. The first kappa shape index (κ1) is 51.1. The van der Waals surface area contributed by atoms with Gasteiger partial charge in [0.1, 0.15) is 15.2 Å². The van der Waals surface area contributed by atoms with E-state index >= 15 is 0 Å². The highest BCUT2D eigenvalue weighted by molar-refractivity contribution is 7.21. The van der Waals surface area contributed by atoms with Crippen LogP contribution in [0.5, 0.6) is 0 Å². The minimum absolute atomic E-state index is 0.0381. The van der Waals surface area contributed by atoms with Gasteiger partial charge in [0.2, 0.25) is 0 Å². The van der Waals surface area contributed by atoms with Crippen LogP contribution in [0.4, 0.5) is 32.6 Å². The molecule has 22 heteroatoms. The lowest BCUT2D eigenvalue weighted by Gasteiger charge is -2.26. The fourth-order valence-electron chi connectivity index (χ4n) is 7.26. The Morgan fingerprint density at radius 3 is 1.40 bits per heavy atom. The summed E-state index contributed by atoms with van der Waals surface area (Å²) in [6, 6.07) is 34.2. The van der Waals surface area contributed by atoms with Crippen LogP contribution in [-0.4, -0.2) is 73.5 Å². The summed E-state index contributed by atoms with van der Waals surface area (Å²) in [7, 11) is 0. The van der Waals surface area contributed by atoms with Gasteiger partial charge >= 0.3 is 12.2 Å². The number of ether oxygens (including phenoxy) is 2. The van der Waals surface area contributed by atoms with Crippen LogP contribution in [-0.2, 0) is 20.6 Å². The number of para-hydroxylation sites is 2. The van der Waals surface area contributed by atoms with E-state index in [0.29, 0.717) is 26.2 Å². The summed E-state index contributed by atoms with van der Waals surface area (Å²) in [5, 5.41) is 31.7. The van der Waals surface area contributed by atoms with Crippen LogP contribution in [0.1, 0.15) is 92.7 Å². The van der Waals surface area contributed by atoms with E-state index in [1.54, 1.807) is 44.2 Å². The molecule has 0 spiro atoms. The second-order valence-electron chi connectivity index (χ2n) is 16.7. The number of carbonyl (C=O) groups is 6. The van der Waals surface area contributed by atoms with Gasteiger partial charge in [-0.1, -0.05) is 84.9 Å². The zero-order valence-electron chi connectivity index (χ0n) is 39.7. The first-order chi connectivity index (χ1) is 34.3. The van der Waals surface area contributed by atoms with E-state index < -0.39 is 40.0 Å². The van der Waals surface area contributed by atoms with Crippen LogP contribution in [0, 0.1) is 10.1 Å². The predicted molar refractivity (Wildman–Crippen MR) is 274 cm³/mol. The third-order valence-electron chi connectivity index (χ3n) is 10.9. The Morgan fingerprint density at radius 2 is 0.986 bits per heavy atom. The van der Waals surface area contributed by atoms with Crippen molar-refractivity contribution >= 4 is 102 Å². The van der Waals surface area contributed by atoms with Crippen molar-refractivity contribution in [2.24, 2.45) is 0 Å². The van der Waals surface area contributed by atoms with Crippen molar-refractivity contribution in [2.75, 3.05) is 29.6 Å². The fraction of sp³-hybridized carbons (Fsp3) is 0.200. The van der Waals surface area contributed by atoms with E-state index in [-0.39, 0.29) is 63.2 Å². The molecule has 0 radical (unpaired) electrons. The maximum atomic E-state index is 13.2. The van der Waals surface area contributed by atoms with E-state index in [0.717, 1.165) is 43.2 Å². The molecule has 0 atom stereocenters. The lowest BCUT2D eigenvalue weighted by molar-refractivity contribution is -0.385. The van der Waals surface area contributed by atoms with Crippen molar-refractivity contribution < 1.29 is 43.2 Å². The molecule has 4 aromatic heterocycles. The molecule has 72 heavy (non-hydrogen) atoms. The number of nitro benzene ring substituents is 1. The zero-order chi connectivity index (χ0) is 51.9. The summed E-state index contributed by atoms with van der Waals surface area (Å²) in [5.74, 6) is -1.89. The lowest BCUT2D eigenvalue weighted by atomic mass is 9.94. The Morgan fingerprint density at radius 1 is 0.597 bits per heavy atom. The number of carbonyl (C=O) groups excluding carboxylic acids is 6. The van der Waals surface area contributed by atoms with Gasteiger partial charge in [0, 0.05) is 11.8 Å². The molecule has 0 aliphatic carbocycles. The highest BCUT2D eigenvalue weighted by Crippen LogP contribution is 2.35. The summed E-state index contributed by atoms with van der Waals surface area (Å²) < 4.78 is 12.2. The number of nitrogens with zero attached hydrogens (tertiary/aromatic N) is 5. The lowest BCUT2D eigenvalue weighted by Crippen LogP contribution is -2.40. The van der Waals surface area contributed by atoms with Gasteiger partial charge in [-0.15, -0.1) is 32.9 Å². The third kappa shape index (κ3) is 11.1. The molecule has 0 saturated heterocycles. The van der Waals surface area contributed by atoms with Crippen molar-refractivity contribution in [1.82, 2.24) is 30.2 Å². The summed E-state index contributed by atoms with van der Waals surface area (Å²) in [6.07, 6.45) is -1.51. The van der Waals surface area contributed by atoms with E-state index in [1.807, 2.05) is 88.4 Å². The maximum absolute atomic E-state index is 13.2. The summed E-state index contributed by atoms with van der Waals surface area (Å²) in [5.41, 5.74) is 6.46. The van der Waals surface area contributed by atoms with Crippen LogP contribution in [0.15, 0.2) is 121 Å². The zero-order valence-corrected chi connectivity index (χ0v) is 41.3. The van der Waals surface area contributed by atoms with Gasteiger partial charge in [-0.3, -0.25) is 29.3 Å². The molecule has 8 aromatic rings. The number of anilines is 3. The Labute approximate surface area is 419 Å². The van der Waals surface area contributed by atoms with E-state index in [9.17, 15) is 38.9 Å². The van der Waals surface area contributed by atoms with Crippen molar-refractivity contribution in [3.8, 4) is 0 Å². The van der Waals surface area contributed by atoms with Crippen molar-refractivity contribution in [1.29, 1.82) is 0 Å². The number of rotatable bonds is 13. The van der Waals surface area contributed by atoms with Crippen LogP contribution in [0.25, 0.3) is 20.4 Å². The molecule has 8 rings (SSSR count). The number of hydrogen-bond donors (Lipinski definition) is 5. The first-order valence-electron chi connectivity index (χ1n) is 22.2. The number of nitrogens with one attached hydrogen (secondary N) is 4. The number of nitrogen functional groups attached to an aromatic ring is 1. The normalized spacial score (nSPS) is 11.2. The Kier molecular flexibility index (Phi) is 15.2. The second kappa shape index (κ2) is 21.5. The third-order valence-corrected chi connectivity index (χ3v) is 13.1. The Balaban J connectivity index is 0.000000212. The van der Waals surface area contributed by atoms with Gasteiger partial charge in [-0.05, 0) is 83.0 Å². The minimum Gasteiger partial charge on any atom is -0.448 e. The maximum Gasteiger partial charge on any atom is 0.436 e. The molecule has 0 aliphatic heterocycles. The molecule has 370 valence electrons. The van der Waals surface area contributed by atoms with Gasteiger partial charge in [0.15, 0.2) is 11.6 Å². The number of hydrogen-bond acceptors (Lipinski definition) is 15. The molecule has 0 fully saturated rings. The van der Waals surface area contributed by atoms with E-state index in [1.165, 1.54) is 30.3 Å². The minimum atomic E-state index is -0.794. The smallest absolute Gasteiger partial charge is 0.436 e. The SMILES string of the molecule is CCOC(=O)n1nc(NC(=O)c2ccccc2N)c2cc(C(=O)NC(C)(C)c3ccccc3)sc21.CCOC(=O)n1nc(NC(=O)c2ccccc2[N+](=O)[O-])c2cc(C(=O)NC(C)(C)c3ccccc3)sc21. The number of amides is 4. The monoisotopic (exact) mass is 1010 g/mol. The predicted octanol–water partition coefficient (Wildman–Crippen LogP) is 9.53. The van der Waals surface area contributed by atoms with Gasteiger partial charge in [-0.2, -0.15) is 9.36 Å². The molecule has 0 bridgehead atoms. The quantitative estimate of drug-likeness (QED) is 0.0409. The molecule has 4 aromatic carbocycles. The average molecular weight is 1010 g/mol. The molecule has 0 saturated carbocycles. The largest absolute Gasteiger partial charge is 0.448 e. The molecule has 0 unspecified atom stereocenters. The highest BCUT2D eigenvalue weighted by Gasteiger charge is 2.30.